The summed E-state index contributed by atoms with van der Waals surface area (Å²) in [6.07, 6.45) is 1.68. The van der Waals surface area contributed by atoms with Crippen molar-refractivity contribution in [3.63, 3.8) is 0 Å². The van der Waals surface area contributed by atoms with Crippen LogP contribution in [-0.4, -0.2) is 53.0 Å². The van der Waals surface area contributed by atoms with Crippen LogP contribution in [0, 0.1) is 0 Å². The van der Waals surface area contributed by atoms with Gasteiger partial charge in [0.2, 0.25) is 0 Å². The van der Waals surface area contributed by atoms with E-state index in [0.717, 1.165) is 34.2 Å². The van der Waals surface area contributed by atoms with Crippen molar-refractivity contribution < 1.29 is 9.53 Å². The zero-order valence-corrected chi connectivity index (χ0v) is 15.2. The van der Waals surface area contributed by atoms with Crippen molar-refractivity contribution in [2.75, 3.05) is 31.1 Å². The van der Waals surface area contributed by atoms with Crippen LogP contribution < -0.4 is 4.90 Å². The third kappa shape index (κ3) is 3.44. The zero-order valence-electron chi connectivity index (χ0n) is 13.6. The van der Waals surface area contributed by atoms with Crippen molar-refractivity contribution in [1.82, 2.24) is 15.1 Å². The molecule has 0 bridgehead atoms. The van der Waals surface area contributed by atoms with Gasteiger partial charge >= 0.3 is 6.09 Å². The van der Waals surface area contributed by atoms with E-state index in [4.69, 9.17) is 4.74 Å². The molecule has 0 saturated carbocycles. The zero-order chi connectivity index (χ0) is 16.6. The maximum atomic E-state index is 12.1. The third-order valence-electron chi connectivity index (χ3n) is 3.80. The number of hydrogen-bond acceptors (Lipinski definition) is 4. The molecule has 0 spiro atoms. The van der Waals surface area contributed by atoms with Gasteiger partial charge in [0.05, 0.1) is 0 Å². The fourth-order valence-corrected chi connectivity index (χ4v) is 3.15. The molecule has 3 rings (SSSR count). The number of fused-ring (bicyclic) bond motifs is 1. The summed E-state index contributed by atoms with van der Waals surface area (Å²) in [4.78, 5) is 16.2. The van der Waals surface area contributed by atoms with Gasteiger partial charge in [-0.15, -0.1) is 0 Å². The predicted octanol–water partition coefficient (Wildman–Crippen LogP) is 3.38. The molecule has 1 amide bonds. The second kappa shape index (κ2) is 6.03. The van der Waals surface area contributed by atoms with Crippen molar-refractivity contribution in [2.45, 2.75) is 26.4 Å². The largest absolute Gasteiger partial charge is 0.444 e. The number of carbonyl (C=O) groups excluding carboxylic acids is 1. The van der Waals surface area contributed by atoms with E-state index in [9.17, 15) is 4.79 Å². The lowest BCUT2D eigenvalue weighted by molar-refractivity contribution is 0.0241. The minimum Gasteiger partial charge on any atom is -0.444 e. The molecule has 0 radical (unpaired) electrons. The monoisotopic (exact) mass is 380 g/mol. The number of amides is 1. The molecule has 7 heteroatoms. The molecule has 23 heavy (non-hydrogen) atoms. The first-order valence-electron chi connectivity index (χ1n) is 7.70. The molecule has 0 aliphatic carbocycles. The number of benzene rings is 1. The van der Waals surface area contributed by atoms with Crippen molar-refractivity contribution in [3.05, 3.63) is 22.8 Å². The number of aromatic nitrogens is 2. The van der Waals surface area contributed by atoms with E-state index in [1.807, 2.05) is 33.0 Å². The molecule has 2 aromatic rings. The highest BCUT2D eigenvalue weighted by Crippen LogP contribution is 2.31. The van der Waals surface area contributed by atoms with Gasteiger partial charge in [0.1, 0.15) is 11.1 Å². The maximum absolute atomic E-state index is 12.1. The first-order chi connectivity index (χ1) is 10.8. The molecule has 0 atom stereocenters. The normalized spacial score (nSPS) is 16.0. The van der Waals surface area contributed by atoms with Crippen LogP contribution in [0.2, 0.25) is 0 Å². The lowest BCUT2D eigenvalue weighted by Gasteiger charge is -2.37. The highest BCUT2D eigenvalue weighted by atomic mass is 79.9. The van der Waals surface area contributed by atoms with Gasteiger partial charge in [0.15, 0.2) is 0 Å². The SMILES string of the molecule is CC(C)(C)OC(=O)N1CCN(c2ccc(Br)c3n[nH]cc23)CC1. The third-order valence-corrected chi connectivity index (χ3v) is 4.44. The molecule has 1 fully saturated rings. The van der Waals surface area contributed by atoms with Gasteiger partial charge in [0.25, 0.3) is 0 Å². The van der Waals surface area contributed by atoms with E-state index in [0.29, 0.717) is 13.1 Å². The van der Waals surface area contributed by atoms with E-state index in [1.165, 1.54) is 0 Å². The highest BCUT2D eigenvalue weighted by molar-refractivity contribution is 9.10. The maximum Gasteiger partial charge on any atom is 0.410 e. The number of ether oxygens (including phenoxy) is 1. The summed E-state index contributed by atoms with van der Waals surface area (Å²) in [6.45, 7) is 8.53. The Morgan fingerprint density at radius 3 is 2.61 bits per heavy atom. The molecule has 1 aliphatic rings. The minimum absolute atomic E-state index is 0.235. The van der Waals surface area contributed by atoms with Crippen molar-refractivity contribution in [3.8, 4) is 0 Å². The van der Waals surface area contributed by atoms with Gasteiger partial charge in [-0.1, -0.05) is 0 Å². The summed E-state index contributed by atoms with van der Waals surface area (Å²) in [5.74, 6) is 0. The Bertz CT molecular complexity index is 714. The summed E-state index contributed by atoms with van der Waals surface area (Å²) < 4.78 is 6.42. The van der Waals surface area contributed by atoms with Gasteiger partial charge in [-0.05, 0) is 48.8 Å². The lowest BCUT2D eigenvalue weighted by Crippen LogP contribution is -2.50. The van der Waals surface area contributed by atoms with E-state index < -0.39 is 5.60 Å². The predicted molar refractivity (Wildman–Crippen MR) is 93.8 cm³/mol. The van der Waals surface area contributed by atoms with Crippen molar-refractivity contribution >= 4 is 38.6 Å². The minimum atomic E-state index is -0.455. The van der Waals surface area contributed by atoms with Crippen LogP contribution in [0.5, 0.6) is 0 Å². The van der Waals surface area contributed by atoms with Crippen LogP contribution in [0.25, 0.3) is 10.9 Å². The van der Waals surface area contributed by atoms with Crippen LogP contribution in [-0.2, 0) is 4.74 Å². The Labute approximate surface area is 143 Å². The number of carbonyl (C=O) groups is 1. The fourth-order valence-electron chi connectivity index (χ4n) is 2.72. The summed E-state index contributed by atoms with van der Waals surface area (Å²) in [7, 11) is 0. The smallest absolute Gasteiger partial charge is 0.410 e. The molecule has 1 aromatic heterocycles. The average Bonchev–Trinajstić information content (AvgIpc) is 2.96. The Hall–Kier alpha value is -1.76. The number of aromatic amines is 1. The van der Waals surface area contributed by atoms with Crippen LogP contribution in [0.4, 0.5) is 10.5 Å². The van der Waals surface area contributed by atoms with Crippen molar-refractivity contribution in [1.29, 1.82) is 0 Å². The second-order valence-electron chi connectivity index (χ2n) is 6.67. The van der Waals surface area contributed by atoms with Gasteiger partial charge < -0.3 is 14.5 Å². The summed E-state index contributed by atoms with van der Waals surface area (Å²) in [5, 5.41) is 8.28. The summed E-state index contributed by atoms with van der Waals surface area (Å²) in [5.41, 5.74) is 1.61. The molecule has 6 nitrogen and oxygen atoms in total. The molecular formula is C16H21BrN4O2. The molecule has 2 heterocycles. The molecule has 1 N–H and O–H groups in total. The number of nitrogens with one attached hydrogen (secondary N) is 1. The van der Waals surface area contributed by atoms with Gasteiger partial charge in [-0.3, -0.25) is 5.10 Å². The Morgan fingerprint density at radius 1 is 1.26 bits per heavy atom. The van der Waals surface area contributed by atoms with Crippen LogP contribution in [0.3, 0.4) is 0 Å². The van der Waals surface area contributed by atoms with E-state index in [2.05, 4.69) is 37.1 Å². The molecule has 1 aliphatic heterocycles. The molecule has 1 aromatic carbocycles. The fraction of sp³-hybridized carbons (Fsp3) is 0.500. The first kappa shape index (κ1) is 16.1. The quantitative estimate of drug-likeness (QED) is 0.823. The van der Waals surface area contributed by atoms with Gasteiger partial charge in [0, 0.05) is 47.9 Å². The average molecular weight is 381 g/mol. The number of piperazine rings is 1. The number of halogens is 1. The van der Waals surface area contributed by atoms with Crippen LogP contribution in [0.1, 0.15) is 20.8 Å². The molecule has 1 saturated heterocycles. The van der Waals surface area contributed by atoms with E-state index in [-0.39, 0.29) is 6.09 Å². The Morgan fingerprint density at radius 2 is 1.96 bits per heavy atom. The van der Waals surface area contributed by atoms with Crippen LogP contribution in [0.15, 0.2) is 22.8 Å². The summed E-state index contributed by atoms with van der Waals surface area (Å²) in [6, 6.07) is 4.10. The molecule has 0 unspecified atom stereocenters. The van der Waals surface area contributed by atoms with E-state index >= 15 is 0 Å². The van der Waals surface area contributed by atoms with Gasteiger partial charge in [-0.25, -0.2) is 4.79 Å². The Balaban J connectivity index is 1.70. The lowest BCUT2D eigenvalue weighted by atomic mass is 10.2. The number of rotatable bonds is 1. The number of anilines is 1. The highest BCUT2D eigenvalue weighted by Gasteiger charge is 2.26. The number of H-pyrrole nitrogens is 1. The van der Waals surface area contributed by atoms with E-state index in [1.54, 1.807) is 4.90 Å². The number of nitrogens with zero attached hydrogens (tertiary/aromatic N) is 3. The molecular weight excluding hydrogens is 360 g/mol. The molecule has 124 valence electrons. The van der Waals surface area contributed by atoms with Crippen molar-refractivity contribution in [2.24, 2.45) is 0 Å². The summed E-state index contributed by atoms with van der Waals surface area (Å²) >= 11 is 3.52. The first-order valence-corrected chi connectivity index (χ1v) is 8.49. The second-order valence-corrected chi connectivity index (χ2v) is 7.52. The number of hydrogen-bond donors (Lipinski definition) is 1. The topological polar surface area (TPSA) is 61.5 Å². The standard InChI is InChI=1S/C16H21BrN4O2/c1-16(2,3)23-15(22)21-8-6-20(7-9-21)13-5-4-12(17)14-11(13)10-18-19-14/h4-5,10H,6-9H2,1-3H3,(H,18,19). The van der Waals surface area contributed by atoms with Gasteiger partial charge in [-0.2, -0.15) is 5.10 Å². The Kier molecular flexibility index (Phi) is 4.23. The van der Waals surface area contributed by atoms with Crippen LogP contribution >= 0.6 is 15.9 Å².